The SMILES string of the molecule is CN(C)S(=O)(=O)c1ccc(N(CC(=O)Nc2ccccc2Cl)S(C)(=O)=O)cc1. The number of carbonyl (C=O) groups excluding carboxylic acids is 1. The lowest BCUT2D eigenvalue weighted by Gasteiger charge is -2.22. The summed E-state index contributed by atoms with van der Waals surface area (Å²) in [5.41, 5.74) is 0.518. The van der Waals surface area contributed by atoms with Crippen LogP contribution in [0.15, 0.2) is 53.4 Å². The van der Waals surface area contributed by atoms with Gasteiger partial charge in [-0.15, -0.1) is 0 Å². The summed E-state index contributed by atoms with van der Waals surface area (Å²) < 4.78 is 50.6. The number of nitrogens with zero attached hydrogens (tertiary/aromatic N) is 2. The van der Waals surface area contributed by atoms with E-state index in [9.17, 15) is 21.6 Å². The van der Waals surface area contributed by atoms with Gasteiger partial charge in [0.15, 0.2) is 0 Å². The number of halogens is 1. The van der Waals surface area contributed by atoms with Crippen LogP contribution in [0.1, 0.15) is 0 Å². The zero-order valence-electron chi connectivity index (χ0n) is 15.5. The third-order valence-corrected chi connectivity index (χ3v) is 7.04. The van der Waals surface area contributed by atoms with Crippen molar-refractivity contribution in [1.29, 1.82) is 0 Å². The molecule has 2 aromatic carbocycles. The topological polar surface area (TPSA) is 104 Å². The van der Waals surface area contributed by atoms with Crippen LogP contribution < -0.4 is 9.62 Å². The first kappa shape index (κ1) is 22.2. The van der Waals surface area contributed by atoms with Crippen LogP contribution in [0.5, 0.6) is 0 Å². The molecule has 2 aromatic rings. The molecule has 1 amide bonds. The number of carbonyl (C=O) groups is 1. The van der Waals surface area contributed by atoms with E-state index in [1.54, 1.807) is 24.3 Å². The number of hydrogen-bond acceptors (Lipinski definition) is 5. The van der Waals surface area contributed by atoms with Gasteiger partial charge in [0.05, 0.1) is 27.5 Å². The molecule has 0 unspecified atom stereocenters. The van der Waals surface area contributed by atoms with E-state index < -0.39 is 32.5 Å². The summed E-state index contributed by atoms with van der Waals surface area (Å²) in [6.07, 6.45) is 0.959. The fourth-order valence-corrected chi connectivity index (χ4v) is 4.22. The van der Waals surface area contributed by atoms with E-state index in [-0.39, 0.29) is 10.6 Å². The third kappa shape index (κ3) is 5.22. The van der Waals surface area contributed by atoms with Crippen molar-refractivity contribution in [2.45, 2.75) is 4.90 Å². The van der Waals surface area contributed by atoms with E-state index in [0.717, 1.165) is 14.9 Å². The molecule has 2 rings (SSSR count). The molecule has 0 aliphatic rings. The minimum absolute atomic E-state index is 0.00946. The van der Waals surface area contributed by atoms with Gasteiger partial charge < -0.3 is 5.32 Å². The molecule has 0 bridgehead atoms. The fraction of sp³-hybridized carbons (Fsp3) is 0.235. The molecule has 0 aromatic heterocycles. The second-order valence-electron chi connectivity index (χ2n) is 6.08. The van der Waals surface area contributed by atoms with Crippen molar-refractivity contribution in [3.05, 3.63) is 53.6 Å². The Bertz CT molecular complexity index is 1070. The maximum Gasteiger partial charge on any atom is 0.245 e. The molecule has 1 N–H and O–H groups in total. The lowest BCUT2D eigenvalue weighted by atomic mass is 10.3. The fourth-order valence-electron chi connectivity index (χ4n) is 2.28. The number of anilines is 2. The average Bonchev–Trinajstić information content (AvgIpc) is 2.61. The molecule has 8 nitrogen and oxygen atoms in total. The summed E-state index contributed by atoms with van der Waals surface area (Å²) in [6, 6.07) is 11.8. The predicted octanol–water partition coefficient (Wildman–Crippen LogP) is 1.99. The number of para-hydroxylation sites is 1. The average molecular weight is 446 g/mol. The molecule has 0 saturated heterocycles. The second kappa shape index (κ2) is 8.48. The van der Waals surface area contributed by atoms with Crippen LogP contribution in [0.2, 0.25) is 5.02 Å². The zero-order valence-corrected chi connectivity index (χ0v) is 17.8. The number of rotatable bonds is 7. The minimum atomic E-state index is -3.80. The molecule has 0 fully saturated rings. The maximum atomic E-state index is 12.3. The number of amides is 1. The Kier molecular flexibility index (Phi) is 6.71. The highest BCUT2D eigenvalue weighted by atomic mass is 35.5. The first-order chi connectivity index (χ1) is 12.9. The molecule has 0 atom stereocenters. The van der Waals surface area contributed by atoms with E-state index in [4.69, 9.17) is 11.6 Å². The van der Waals surface area contributed by atoms with Crippen molar-refractivity contribution in [3.63, 3.8) is 0 Å². The lowest BCUT2D eigenvalue weighted by Crippen LogP contribution is -2.37. The Labute approximate surface area is 169 Å². The molecule has 0 aliphatic carbocycles. The van der Waals surface area contributed by atoms with Gasteiger partial charge in [-0.2, -0.15) is 0 Å². The number of nitrogens with one attached hydrogen (secondary N) is 1. The smallest absolute Gasteiger partial charge is 0.245 e. The van der Waals surface area contributed by atoms with Gasteiger partial charge in [0.25, 0.3) is 0 Å². The highest BCUT2D eigenvalue weighted by molar-refractivity contribution is 7.92. The van der Waals surface area contributed by atoms with E-state index in [1.807, 2.05) is 0 Å². The Balaban J connectivity index is 2.28. The Morgan fingerprint density at radius 1 is 1.00 bits per heavy atom. The van der Waals surface area contributed by atoms with E-state index >= 15 is 0 Å². The van der Waals surface area contributed by atoms with E-state index in [0.29, 0.717) is 10.7 Å². The van der Waals surface area contributed by atoms with Crippen LogP contribution in [-0.4, -0.2) is 53.9 Å². The van der Waals surface area contributed by atoms with Crippen molar-refractivity contribution in [3.8, 4) is 0 Å². The Morgan fingerprint density at radius 3 is 2.07 bits per heavy atom. The summed E-state index contributed by atoms with van der Waals surface area (Å²) in [7, 11) is -4.66. The minimum Gasteiger partial charge on any atom is -0.323 e. The summed E-state index contributed by atoms with van der Waals surface area (Å²) >= 11 is 5.99. The van der Waals surface area contributed by atoms with Gasteiger partial charge in [-0.25, -0.2) is 21.1 Å². The highest BCUT2D eigenvalue weighted by Gasteiger charge is 2.23. The summed E-state index contributed by atoms with van der Waals surface area (Å²) in [5.74, 6) is -0.594. The second-order valence-corrected chi connectivity index (χ2v) is 10.5. The summed E-state index contributed by atoms with van der Waals surface area (Å²) in [5, 5.41) is 2.87. The van der Waals surface area contributed by atoms with Gasteiger partial charge in [0.1, 0.15) is 6.54 Å². The quantitative estimate of drug-likeness (QED) is 0.701. The van der Waals surface area contributed by atoms with E-state index in [1.165, 1.54) is 38.4 Å². The van der Waals surface area contributed by atoms with Crippen molar-refractivity contribution in [1.82, 2.24) is 4.31 Å². The molecule has 0 heterocycles. The molecule has 0 saturated carbocycles. The summed E-state index contributed by atoms with van der Waals surface area (Å²) in [6.45, 7) is -0.496. The largest absolute Gasteiger partial charge is 0.323 e. The lowest BCUT2D eigenvalue weighted by molar-refractivity contribution is -0.114. The first-order valence-corrected chi connectivity index (χ1v) is 11.6. The molecular formula is C17H20ClN3O5S2. The number of sulfonamides is 2. The molecular weight excluding hydrogens is 426 g/mol. The summed E-state index contributed by atoms with van der Waals surface area (Å²) in [4.78, 5) is 12.3. The molecule has 0 aliphatic heterocycles. The van der Waals surface area contributed by atoms with Crippen LogP contribution in [0, 0.1) is 0 Å². The van der Waals surface area contributed by atoms with Gasteiger partial charge in [0, 0.05) is 14.1 Å². The van der Waals surface area contributed by atoms with Crippen molar-refractivity contribution < 1.29 is 21.6 Å². The van der Waals surface area contributed by atoms with Crippen LogP contribution >= 0.6 is 11.6 Å². The zero-order chi connectivity index (χ0) is 21.1. The third-order valence-electron chi connectivity index (χ3n) is 3.74. The number of benzene rings is 2. The standard InChI is InChI=1S/C17H20ClN3O5S2/c1-20(2)28(25,26)14-10-8-13(9-11-14)21(27(3,23)24)12-17(22)19-16-7-5-4-6-15(16)18/h4-11H,12H2,1-3H3,(H,19,22). The monoisotopic (exact) mass is 445 g/mol. The Hall–Kier alpha value is -2.14. The van der Waals surface area contributed by atoms with Crippen LogP contribution in [0.4, 0.5) is 11.4 Å². The van der Waals surface area contributed by atoms with Gasteiger partial charge in [-0.3, -0.25) is 9.10 Å². The highest BCUT2D eigenvalue weighted by Crippen LogP contribution is 2.23. The molecule has 0 spiro atoms. The maximum absolute atomic E-state index is 12.3. The van der Waals surface area contributed by atoms with Crippen molar-refractivity contribution in [2.24, 2.45) is 0 Å². The molecule has 152 valence electrons. The van der Waals surface area contributed by atoms with Crippen molar-refractivity contribution >= 4 is 48.9 Å². The van der Waals surface area contributed by atoms with Crippen LogP contribution in [-0.2, 0) is 24.8 Å². The first-order valence-electron chi connectivity index (χ1n) is 7.97. The van der Waals surface area contributed by atoms with Gasteiger partial charge in [-0.1, -0.05) is 23.7 Å². The number of hydrogen-bond donors (Lipinski definition) is 1. The molecule has 28 heavy (non-hydrogen) atoms. The van der Waals surface area contributed by atoms with Crippen LogP contribution in [0.25, 0.3) is 0 Å². The molecule has 11 heteroatoms. The molecule has 0 radical (unpaired) electrons. The van der Waals surface area contributed by atoms with Crippen molar-refractivity contribution in [2.75, 3.05) is 36.5 Å². The van der Waals surface area contributed by atoms with Gasteiger partial charge >= 0.3 is 0 Å². The predicted molar refractivity (Wildman–Crippen MR) is 110 cm³/mol. The van der Waals surface area contributed by atoms with Gasteiger partial charge in [-0.05, 0) is 36.4 Å². The van der Waals surface area contributed by atoms with Crippen LogP contribution in [0.3, 0.4) is 0 Å². The van der Waals surface area contributed by atoms with Gasteiger partial charge in [0.2, 0.25) is 26.0 Å². The normalized spacial score (nSPS) is 12.0. The Morgan fingerprint density at radius 2 is 1.57 bits per heavy atom. The van der Waals surface area contributed by atoms with E-state index in [2.05, 4.69) is 5.32 Å².